The zero-order valence-corrected chi connectivity index (χ0v) is 18.9. The Bertz CT molecular complexity index is 1150. The largest absolute Gasteiger partial charge is 0.490 e. The number of nitrogens with one attached hydrogen (secondary N) is 2. The van der Waals surface area contributed by atoms with Crippen molar-refractivity contribution in [1.82, 2.24) is 15.0 Å². The van der Waals surface area contributed by atoms with Crippen LogP contribution in [0.5, 0.6) is 5.75 Å². The second kappa shape index (κ2) is 9.44. The minimum absolute atomic E-state index is 0.0991. The average molecular weight is 477 g/mol. The maximum atomic E-state index is 14.0. The first-order valence-electron chi connectivity index (χ1n) is 10.7. The lowest BCUT2D eigenvalue weighted by molar-refractivity contribution is -0.117. The molecule has 0 radical (unpaired) electrons. The van der Waals surface area contributed by atoms with Gasteiger partial charge in [-0.3, -0.25) is 15.0 Å². The number of benzene rings is 1. The van der Waals surface area contributed by atoms with Gasteiger partial charge in [-0.15, -0.1) is 0 Å². The Morgan fingerprint density at radius 1 is 1.27 bits per heavy atom. The molecule has 1 saturated heterocycles. The number of amides is 3. The molecule has 1 aromatic heterocycles. The summed E-state index contributed by atoms with van der Waals surface area (Å²) >= 11 is 0. The number of aryl methyl sites for hydroxylation is 1. The number of pyridine rings is 1. The van der Waals surface area contributed by atoms with E-state index in [2.05, 4.69) is 15.0 Å². The summed E-state index contributed by atoms with van der Waals surface area (Å²) < 4.78 is 47.3. The highest BCUT2D eigenvalue weighted by Gasteiger charge is 2.28. The number of anilines is 1. The van der Waals surface area contributed by atoms with Crippen LogP contribution in [0.15, 0.2) is 36.5 Å². The number of imide groups is 1. The zero-order valence-electron chi connectivity index (χ0n) is 18.1. The van der Waals surface area contributed by atoms with Crippen LogP contribution in [0.4, 0.5) is 15.0 Å². The van der Waals surface area contributed by atoms with Crippen LogP contribution in [0.2, 0.25) is 0 Å². The number of rotatable bonds is 10. The Labute approximate surface area is 191 Å². The van der Waals surface area contributed by atoms with Crippen molar-refractivity contribution in [2.75, 3.05) is 23.8 Å². The maximum Gasteiger partial charge on any atom is 0.330 e. The molecule has 1 atom stereocenters. The van der Waals surface area contributed by atoms with Crippen LogP contribution in [0.25, 0.3) is 0 Å². The molecule has 2 N–H and O–H groups in total. The van der Waals surface area contributed by atoms with Crippen molar-refractivity contribution < 1.29 is 27.1 Å². The number of urea groups is 1. The lowest BCUT2D eigenvalue weighted by atomic mass is 10.1. The van der Waals surface area contributed by atoms with Crippen LogP contribution in [-0.4, -0.2) is 44.2 Å². The summed E-state index contributed by atoms with van der Waals surface area (Å²) in [5, 5.41) is 2.17. The molecule has 3 amide bonds. The number of ether oxygens (including phenoxy) is 1. The molecular weight excluding hydrogens is 451 g/mol. The highest BCUT2D eigenvalue weighted by atomic mass is 32.2. The van der Waals surface area contributed by atoms with Crippen molar-refractivity contribution in [2.45, 2.75) is 32.2 Å². The Morgan fingerprint density at radius 3 is 2.70 bits per heavy atom. The lowest BCUT2D eigenvalue weighted by Crippen LogP contribution is -2.30. The van der Waals surface area contributed by atoms with Gasteiger partial charge in [0.2, 0.25) is 15.9 Å². The Hall–Kier alpha value is -3.05. The van der Waals surface area contributed by atoms with Gasteiger partial charge in [-0.1, -0.05) is 12.1 Å². The third-order valence-corrected chi connectivity index (χ3v) is 6.98. The molecule has 176 valence electrons. The molecule has 1 aliphatic carbocycles. The van der Waals surface area contributed by atoms with Gasteiger partial charge in [-0.05, 0) is 61.4 Å². The van der Waals surface area contributed by atoms with E-state index in [1.165, 1.54) is 29.3 Å². The number of carbonyl (C=O) groups excluding carboxylic acids is 2. The normalized spacial score (nSPS) is 17.2. The van der Waals surface area contributed by atoms with E-state index >= 15 is 0 Å². The van der Waals surface area contributed by atoms with Crippen molar-refractivity contribution in [2.24, 2.45) is 5.92 Å². The summed E-state index contributed by atoms with van der Waals surface area (Å²) in [5.41, 5.74) is 1.27. The number of nitrogens with zero attached hydrogens (tertiary/aromatic N) is 2. The van der Waals surface area contributed by atoms with Gasteiger partial charge >= 0.3 is 6.03 Å². The summed E-state index contributed by atoms with van der Waals surface area (Å²) in [4.78, 5) is 28.4. The highest BCUT2D eigenvalue weighted by Crippen LogP contribution is 2.31. The third kappa shape index (κ3) is 6.05. The minimum atomic E-state index is -3.64. The summed E-state index contributed by atoms with van der Waals surface area (Å²) in [7, 11) is -3.64. The first-order valence-corrected chi connectivity index (χ1v) is 12.3. The zero-order chi connectivity index (χ0) is 23.6. The Balaban J connectivity index is 1.33. The molecule has 2 heterocycles. The average Bonchev–Trinajstić information content (AvgIpc) is 3.54. The molecule has 2 aromatic rings. The molecule has 1 saturated carbocycles. The summed E-state index contributed by atoms with van der Waals surface area (Å²) in [5.74, 6) is -0.130. The fraction of sp³-hybridized carbons (Fsp3) is 0.409. The van der Waals surface area contributed by atoms with Gasteiger partial charge in [0.25, 0.3) is 0 Å². The van der Waals surface area contributed by atoms with E-state index in [-0.39, 0.29) is 24.5 Å². The molecule has 33 heavy (non-hydrogen) atoms. The van der Waals surface area contributed by atoms with E-state index < -0.39 is 33.8 Å². The smallest absolute Gasteiger partial charge is 0.330 e. The van der Waals surface area contributed by atoms with Crippen molar-refractivity contribution >= 4 is 27.8 Å². The minimum Gasteiger partial charge on any atom is -0.490 e. The number of hydrogen-bond acceptors (Lipinski definition) is 6. The molecule has 1 aliphatic heterocycles. The maximum absolute atomic E-state index is 14.0. The number of halogens is 1. The van der Waals surface area contributed by atoms with Gasteiger partial charge in [0.15, 0.2) is 11.6 Å². The van der Waals surface area contributed by atoms with Crippen LogP contribution in [-0.2, 0) is 21.2 Å². The molecule has 9 nitrogen and oxygen atoms in total. The predicted molar refractivity (Wildman–Crippen MR) is 119 cm³/mol. The molecule has 0 bridgehead atoms. The quantitative estimate of drug-likeness (QED) is 0.508. The van der Waals surface area contributed by atoms with E-state index in [0.29, 0.717) is 29.5 Å². The number of aromatic nitrogens is 1. The third-order valence-electron chi connectivity index (χ3n) is 5.52. The molecule has 0 spiro atoms. The number of sulfonamides is 1. The van der Waals surface area contributed by atoms with E-state index in [0.717, 1.165) is 12.8 Å². The molecule has 0 unspecified atom stereocenters. The van der Waals surface area contributed by atoms with Crippen LogP contribution >= 0.6 is 0 Å². The number of hydrogen-bond donors (Lipinski definition) is 2. The second-order valence-corrected chi connectivity index (χ2v) is 10.2. The van der Waals surface area contributed by atoms with Gasteiger partial charge in [0.1, 0.15) is 12.4 Å². The van der Waals surface area contributed by atoms with Gasteiger partial charge < -0.3 is 4.74 Å². The highest BCUT2D eigenvalue weighted by molar-refractivity contribution is 7.89. The first-order chi connectivity index (χ1) is 15.7. The molecule has 2 fully saturated rings. The fourth-order valence-electron chi connectivity index (χ4n) is 3.39. The summed E-state index contributed by atoms with van der Waals surface area (Å²) in [6, 6.07) is 6.48. The van der Waals surface area contributed by atoms with Crippen molar-refractivity contribution in [3.8, 4) is 5.75 Å². The molecule has 2 aliphatic rings. The van der Waals surface area contributed by atoms with E-state index in [9.17, 15) is 22.4 Å². The lowest BCUT2D eigenvalue weighted by Gasteiger charge is -2.16. The topological polar surface area (TPSA) is 118 Å². The van der Waals surface area contributed by atoms with Crippen LogP contribution in [0.3, 0.4) is 0 Å². The Kier molecular flexibility index (Phi) is 6.61. The van der Waals surface area contributed by atoms with Crippen molar-refractivity contribution in [3.05, 3.63) is 53.5 Å². The summed E-state index contributed by atoms with van der Waals surface area (Å²) in [6.07, 6.45) is 3.86. The fourth-order valence-corrected chi connectivity index (χ4v) is 4.69. The van der Waals surface area contributed by atoms with Gasteiger partial charge in [0.05, 0.1) is 12.4 Å². The van der Waals surface area contributed by atoms with Crippen molar-refractivity contribution in [1.29, 1.82) is 0 Å². The first kappa shape index (κ1) is 23.1. The Morgan fingerprint density at radius 2 is 2.06 bits per heavy atom. The summed E-state index contributed by atoms with van der Waals surface area (Å²) in [6.45, 7) is 2.05. The van der Waals surface area contributed by atoms with Crippen LogP contribution < -0.4 is 19.7 Å². The SMILES string of the molecule is C[C@@H](NS(=O)(=O)CCc1ccc(N2CC(=O)NC2=O)nc1)c1ccc(F)c(OCC2CC2)c1. The predicted octanol–water partition coefficient (Wildman–Crippen LogP) is 2.29. The van der Waals surface area contributed by atoms with Gasteiger partial charge in [-0.25, -0.2) is 27.3 Å². The second-order valence-electron chi connectivity index (χ2n) is 8.32. The van der Waals surface area contributed by atoms with E-state index in [1.807, 2.05) is 0 Å². The van der Waals surface area contributed by atoms with E-state index in [1.54, 1.807) is 19.1 Å². The van der Waals surface area contributed by atoms with Gasteiger partial charge in [0, 0.05) is 12.2 Å². The van der Waals surface area contributed by atoms with Gasteiger partial charge in [-0.2, -0.15) is 0 Å². The van der Waals surface area contributed by atoms with Crippen molar-refractivity contribution in [3.63, 3.8) is 0 Å². The van der Waals surface area contributed by atoms with Crippen LogP contribution in [0.1, 0.15) is 36.9 Å². The van der Waals surface area contributed by atoms with E-state index in [4.69, 9.17) is 4.74 Å². The molecular formula is C22H25FN4O5S. The monoisotopic (exact) mass is 476 g/mol. The molecule has 4 rings (SSSR count). The standard InChI is InChI=1S/C22H25FN4O5S/c1-14(17-5-6-18(23)19(10-17)32-13-16-2-3-16)26-33(30,31)9-8-15-4-7-20(24-11-15)27-12-21(28)25-22(27)29/h4-7,10-11,14,16,26H,2-3,8-9,12-13H2,1H3,(H,25,28,29)/t14-/m1/s1. The molecule has 1 aromatic carbocycles. The van der Waals surface area contributed by atoms with Crippen LogP contribution in [0, 0.1) is 11.7 Å². The molecule has 11 heteroatoms. The number of carbonyl (C=O) groups is 2.